The zero-order valence-corrected chi connectivity index (χ0v) is 12.7. The van der Waals surface area contributed by atoms with Crippen molar-refractivity contribution in [1.29, 1.82) is 0 Å². The number of H-pyrrole nitrogens is 4. The highest BCUT2D eigenvalue weighted by atomic mass is 32.1. The Morgan fingerprint density at radius 3 is 1.36 bits per heavy atom. The number of aromatic amines is 4. The summed E-state index contributed by atoms with van der Waals surface area (Å²) in [5, 5.41) is 0. The van der Waals surface area contributed by atoms with Crippen LogP contribution in [0.25, 0.3) is 22.3 Å². The maximum atomic E-state index is 4.91. The average Bonchev–Trinajstić information content (AvgIpc) is 3.20. The Labute approximate surface area is 133 Å². The van der Waals surface area contributed by atoms with Gasteiger partial charge in [0.05, 0.1) is 25.3 Å². The standard InChI is InChI=1S/2C5H4N4S.H4N2/c2*10-5-3-4(7-1-6-3)8-2-9-5;1-2/h2*1-2H,(H2,6,7,8,9,10);1-2H2. The highest BCUT2D eigenvalue weighted by Gasteiger charge is 1.95. The number of nitrogens with zero attached hydrogens (tertiary/aromatic N) is 4. The number of hydrogen-bond donors (Lipinski definition) is 6. The van der Waals surface area contributed by atoms with E-state index in [1.165, 1.54) is 12.7 Å². The third kappa shape index (κ3) is 3.37. The minimum absolute atomic E-state index is 0.547. The number of hydrogen-bond acceptors (Lipinski definition) is 8. The van der Waals surface area contributed by atoms with E-state index in [9.17, 15) is 0 Å². The number of aromatic nitrogens is 8. The maximum absolute atomic E-state index is 4.91. The molecule has 0 saturated carbocycles. The molecule has 0 bridgehead atoms. The van der Waals surface area contributed by atoms with Crippen molar-refractivity contribution in [2.75, 3.05) is 0 Å². The maximum Gasteiger partial charge on any atom is 0.159 e. The third-order valence-electron chi connectivity index (χ3n) is 2.47. The Bertz CT molecular complexity index is 884. The summed E-state index contributed by atoms with van der Waals surface area (Å²) in [5.74, 6) is 8.00. The van der Waals surface area contributed by atoms with Gasteiger partial charge in [-0.15, -0.1) is 0 Å². The summed E-state index contributed by atoms with van der Waals surface area (Å²) in [6, 6.07) is 0. The lowest BCUT2D eigenvalue weighted by molar-refractivity contribution is 1.18. The van der Waals surface area contributed by atoms with Crippen molar-refractivity contribution in [3.8, 4) is 0 Å². The van der Waals surface area contributed by atoms with Crippen molar-refractivity contribution >= 4 is 46.8 Å². The molecule has 4 rings (SSSR count). The van der Waals surface area contributed by atoms with Gasteiger partial charge in [0.15, 0.2) is 20.6 Å². The Kier molecular flexibility index (Phi) is 5.37. The van der Waals surface area contributed by atoms with Gasteiger partial charge in [0.1, 0.15) is 11.0 Å². The number of nitrogens with one attached hydrogen (secondary N) is 4. The summed E-state index contributed by atoms with van der Waals surface area (Å²) in [7, 11) is 0. The Morgan fingerprint density at radius 2 is 1.00 bits per heavy atom. The van der Waals surface area contributed by atoms with Gasteiger partial charge in [-0.25, -0.2) is 19.9 Å². The predicted octanol–water partition coefficient (Wildman–Crippen LogP) is 0.850. The van der Waals surface area contributed by atoms with Crippen LogP contribution < -0.4 is 11.7 Å². The van der Waals surface area contributed by atoms with Crippen LogP contribution in [-0.4, -0.2) is 39.9 Å². The number of nitrogens with two attached hydrogens (primary N) is 2. The van der Waals surface area contributed by atoms with Crippen molar-refractivity contribution in [3.63, 3.8) is 0 Å². The van der Waals surface area contributed by atoms with E-state index in [0.29, 0.717) is 9.28 Å². The molecule has 4 heterocycles. The lowest BCUT2D eigenvalue weighted by Crippen LogP contribution is -2.02. The summed E-state index contributed by atoms with van der Waals surface area (Å²) in [6.07, 6.45) is 6.23. The summed E-state index contributed by atoms with van der Waals surface area (Å²) in [6.45, 7) is 0. The molecular formula is C10H12N10S2. The normalized spacial score (nSPS) is 9.73. The molecule has 0 saturated heterocycles. The molecule has 0 atom stereocenters. The van der Waals surface area contributed by atoms with Crippen LogP contribution in [0, 0.1) is 9.28 Å². The van der Waals surface area contributed by atoms with E-state index in [1.54, 1.807) is 12.7 Å². The van der Waals surface area contributed by atoms with E-state index in [4.69, 9.17) is 24.4 Å². The van der Waals surface area contributed by atoms with E-state index in [1.807, 2.05) is 0 Å². The molecule has 0 spiro atoms. The van der Waals surface area contributed by atoms with Crippen LogP contribution in [0.5, 0.6) is 0 Å². The Balaban J connectivity index is 0.000000144. The zero-order chi connectivity index (χ0) is 15.9. The highest BCUT2D eigenvalue weighted by Crippen LogP contribution is 2.03. The first-order valence-electron chi connectivity index (χ1n) is 5.82. The first kappa shape index (κ1) is 15.8. The van der Waals surface area contributed by atoms with Crippen LogP contribution in [0.3, 0.4) is 0 Å². The van der Waals surface area contributed by atoms with E-state index >= 15 is 0 Å². The van der Waals surface area contributed by atoms with Gasteiger partial charge < -0.3 is 19.9 Å². The summed E-state index contributed by atoms with van der Waals surface area (Å²) in [4.78, 5) is 27.1. The molecular weight excluding hydrogens is 324 g/mol. The Hall–Kier alpha value is -2.54. The fourth-order valence-electron chi connectivity index (χ4n) is 1.57. The number of rotatable bonds is 0. The molecule has 0 aliphatic carbocycles. The largest absolute Gasteiger partial charge is 0.341 e. The quantitative estimate of drug-likeness (QED) is 0.156. The third-order valence-corrected chi connectivity index (χ3v) is 3.09. The van der Waals surface area contributed by atoms with Gasteiger partial charge in [-0.1, -0.05) is 24.4 Å². The van der Waals surface area contributed by atoms with Crippen LogP contribution in [0.2, 0.25) is 0 Å². The lowest BCUT2D eigenvalue weighted by atomic mass is 10.6. The molecule has 0 fully saturated rings. The first-order chi connectivity index (χ1) is 10.8. The predicted molar refractivity (Wildman–Crippen MR) is 86.5 cm³/mol. The SMILES string of the molecule is NN.S=c1nc[nH]c2nc[nH]c12.S=c1nc[nH]c2nc[nH]c12. The molecule has 4 aromatic rings. The molecule has 0 aliphatic rings. The van der Waals surface area contributed by atoms with Crippen LogP contribution in [0.1, 0.15) is 0 Å². The Morgan fingerprint density at radius 1 is 0.636 bits per heavy atom. The van der Waals surface area contributed by atoms with Gasteiger partial charge in [-0.3, -0.25) is 11.7 Å². The van der Waals surface area contributed by atoms with Crippen LogP contribution in [-0.2, 0) is 0 Å². The van der Waals surface area contributed by atoms with Gasteiger partial charge >= 0.3 is 0 Å². The lowest BCUT2D eigenvalue weighted by Gasteiger charge is -1.84. The second-order valence-electron chi connectivity index (χ2n) is 3.67. The van der Waals surface area contributed by atoms with Crippen molar-refractivity contribution < 1.29 is 0 Å². The summed E-state index contributed by atoms with van der Waals surface area (Å²) >= 11 is 9.81. The van der Waals surface area contributed by atoms with Crippen molar-refractivity contribution in [2.24, 2.45) is 11.7 Å². The smallest absolute Gasteiger partial charge is 0.159 e. The molecule has 10 nitrogen and oxygen atoms in total. The zero-order valence-electron chi connectivity index (χ0n) is 11.1. The van der Waals surface area contributed by atoms with Gasteiger partial charge in [0.25, 0.3) is 0 Å². The number of hydrazine groups is 1. The minimum Gasteiger partial charge on any atom is -0.341 e. The molecule has 8 N–H and O–H groups in total. The number of fused-ring (bicyclic) bond motifs is 2. The monoisotopic (exact) mass is 336 g/mol. The van der Waals surface area contributed by atoms with E-state index in [0.717, 1.165) is 22.3 Å². The van der Waals surface area contributed by atoms with Gasteiger partial charge in [-0.05, 0) is 0 Å². The topological polar surface area (TPSA) is 167 Å². The molecule has 12 heteroatoms. The van der Waals surface area contributed by atoms with Crippen molar-refractivity contribution in [3.05, 3.63) is 34.6 Å². The molecule has 22 heavy (non-hydrogen) atoms. The average molecular weight is 336 g/mol. The fourth-order valence-corrected chi connectivity index (χ4v) is 1.98. The molecule has 0 aliphatic heterocycles. The molecule has 0 aromatic carbocycles. The molecule has 0 unspecified atom stereocenters. The second kappa shape index (κ2) is 7.46. The van der Waals surface area contributed by atoms with E-state index in [-0.39, 0.29) is 0 Å². The molecule has 4 aromatic heterocycles. The fraction of sp³-hybridized carbons (Fsp3) is 0. The van der Waals surface area contributed by atoms with Crippen molar-refractivity contribution in [1.82, 2.24) is 39.9 Å². The molecule has 0 amide bonds. The highest BCUT2D eigenvalue weighted by molar-refractivity contribution is 7.71. The van der Waals surface area contributed by atoms with Gasteiger partial charge in [-0.2, -0.15) is 0 Å². The van der Waals surface area contributed by atoms with Crippen LogP contribution >= 0.6 is 24.4 Å². The summed E-state index contributed by atoms with van der Waals surface area (Å²) < 4.78 is 1.09. The first-order valence-corrected chi connectivity index (χ1v) is 6.64. The second-order valence-corrected chi connectivity index (χ2v) is 4.44. The number of imidazole rings is 2. The van der Waals surface area contributed by atoms with E-state index < -0.39 is 0 Å². The van der Waals surface area contributed by atoms with Crippen LogP contribution in [0.4, 0.5) is 0 Å². The minimum atomic E-state index is 0.547. The van der Waals surface area contributed by atoms with Crippen molar-refractivity contribution in [2.45, 2.75) is 0 Å². The molecule has 114 valence electrons. The van der Waals surface area contributed by atoms with E-state index in [2.05, 4.69) is 51.6 Å². The van der Waals surface area contributed by atoms with Gasteiger partial charge in [0, 0.05) is 0 Å². The summed E-state index contributed by atoms with van der Waals surface area (Å²) in [5.41, 5.74) is 3.08. The van der Waals surface area contributed by atoms with Gasteiger partial charge in [0.2, 0.25) is 0 Å². The molecule has 0 radical (unpaired) electrons. The van der Waals surface area contributed by atoms with Crippen LogP contribution in [0.15, 0.2) is 25.3 Å².